The molecule has 5 nitrogen and oxygen atoms in total. The fourth-order valence-electron chi connectivity index (χ4n) is 4.40. The summed E-state index contributed by atoms with van der Waals surface area (Å²) < 4.78 is 5.35. The normalized spacial score (nSPS) is 19.6. The van der Waals surface area contributed by atoms with Crippen molar-refractivity contribution in [3.63, 3.8) is 0 Å². The maximum absolute atomic E-state index is 13.2. The lowest BCUT2D eigenvalue weighted by Gasteiger charge is -2.40. The standard InChI is InChI=1S/C26H37N3O2.C2H6/c1-18-15-24(28-12-10-23(11-13-28)27(5)6)17-29(21(18)4)26(30)16-19(2)22-8-9-25(31-7)20(3)14-22;1-2/h8-9,14-17,21,23H,10-13H2,1-7H3;1-2H3/b19-16+;. The van der Waals surface area contributed by atoms with Gasteiger partial charge in [0.05, 0.1) is 18.8 Å². The molecule has 1 amide bonds. The second kappa shape index (κ2) is 12.1. The number of allylic oxidation sites excluding steroid dienone is 2. The Morgan fingerprint density at radius 3 is 2.33 bits per heavy atom. The molecule has 3 rings (SSSR count). The Kier molecular flexibility index (Phi) is 9.78. The van der Waals surface area contributed by atoms with Gasteiger partial charge in [0.2, 0.25) is 0 Å². The third kappa shape index (κ3) is 6.50. The summed E-state index contributed by atoms with van der Waals surface area (Å²) in [6, 6.07) is 6.72. The molecule has 1 aromatic rings. The first-order chi connectivity index (χ1) is 15.7. The molecule has 0 aromatic heterocycles. The van der Waals surface area contributed by atoms with Crippen LogP contribution in [0, 0.1) is 6.92 Å². The Morgan fingerprint density at radius 2 is 1.79 bits per heavy atom. The van der Waals surface area contributed by atoms with Crippen LogP contribution in [0.25, 0.3) is 5.57 Å². The van der Waals surface area contributed by atoms with Crippen LogP contribution in [0.4, 0.5) is 0 Å². The van der Waals surface area contributed by atoms with E-state index in [-0.39, 0.29) is 11.9 Å². The average molecular weight is 454 g/mol. The summed E-state index contributed by atoms with van der Waals surface area (Å²) >= 11 is 0. The molecule has 1 aromatic carbocycles. The largest absolute Gasteiger partial charge is 0.496 e. The molecule has 2 aliphatic heterocycles. The van der Waals surface area contributed by atoms with Crippen LogP contribution in [0.2, 0.25) is 0 Å². The number of aryl methyl sites for hydroxylation is 1. The molecule has 0 aliphatic carbocycles. The highest BCUT2D eigenvalue weighted by Crippen LogP contribution is 2.27. The highest BCUT2D eigenvalue weighted by molar-refractivity contribution is 5.96. The molecule has 2 heterocycles. The molecule has 1 atom stereocenters. The van der Waals surface area contributed by atoms with E-state index in [0.29, 0.717) is 6.04 Å². The summed E-state index contributed by atoms with van der Waals surface area (Å²) in [4.78, 5) is 19.9. The molecule has 1 fully saturated rings. The number of ether oxygens (including phenoxy) is 1. The third-order valence-corrected chi connectivity index (χ3v) is 6.73. The zero-order valence-electron chi connectivity index (χ0n) is 22.1. The van der Waals surface area contributed by atoms with Crippen molar-refractivity contribution in [1.29, 1.82) is 0 Å². The molecule has 0 saturated carbocycles. The molecule has 1 saturated heterocycles. The summed E-state index contributed by atoms with van der Waals surface area (Å²) in [7, 11) is 5.99. The third-order valence-electron chi connectivity index (χ3n) is 6.73. The predicted octanol–water partition coefficient (Wildman–Crippen LogP) is 5.48. The second-order valence-electron chi connectivity index (χ2n) is 9.06. The first-order valence-electron chi connectivity index (χ1n) is 12.2. The summed E-state index contributed by atoms with van der Waals surface area (Å²) in [5.41, 5.74) is 5.42. The lowest BCUT2D eigenvalue weighted by atomic mass is 9.99. The summed E-state index contributed by atoms with van der Waals surface area (Å²) in [6.45, 7) is 14.3. The highest BCUT2D eigenvalue weighted by Gasteiger charge is 2.27. The van der Waals surface area contributed by atoms with Gasteiger partial charge >= 0.3 is 0 Å². The molecule has 5 heteroatoms. The quantitative estimate of drug-likeness (QED) is 0.553. The fourth-order valence-corrected chi connectivity index (χ4v) is 4.40. The number of amides is 1. The number of likely N-dealkylation sites (tertiary alicyclic amines) is 1. The van der Waals surface area contributed by atoms with Gasteiger partial charge in [-0.3, -0.25) is 4.79 Å². The summed E-state index contributed by atoms with van der Waals surface area (Å²) in [6.07, 6.45) is 8.34. The zero-order chi connectivity index (χ0) is 24.7. The van der Waals surface area contributed by atoms with Crippen LogP contribution in [-0.4, -0.2) is 67.0 Å². The SMILES string of the molecule is CC.COc1ccc(/C(C)=C/C(=O)N2C=C(N3CCC(N(C)C)CC3)C=C(C)C2C)cc1C. The number of benzene rings is 1. The Hall–Kier alpha value is -2.53. The molecular weight excluding hydrogens is 410 g/mol. The highest BCUT2D eigenvalue weighted by atomic mass is 16.5. The topological polar surface area (TPSA) is 36.0 Å². The first-order valence-corrected chi connectivity index (χ1v) is 12.2. The molecule has 182 valence electrons. The molecular formula is C28H43N3O2. The maximum Gasteiger partial charge on any atom is 0.251 e. The lowest BCUT2D eigenvalue weighted by molar-refractivity contribution is -0.124. The molecule has 33 heavy (non-hydrogen) atoms. The van der Waals surface area contributed by atoms with Crippen LogP contribution >= 0.6 is 0 Å². The van der Waals surface area contributed by atoms with E-state index in [1.54, 1.807) is 13.2 Å². The average Bonchev–Trinajstić information content (AvgIpc) is 2.81. The van der Waals surface area contributed by atoms with Crippen LogP contribution < -0.4 is 4.74 Å². The van der Waals surface area contributed by atoms with E-state index in [2.05, 4.69) is 49.9 Å². The minimum atomic E-state index is 0.0200. The van der Waals surface area contributed by atoms with Crippen molar-refractivity contribution in [3.8, 4) is 5.75 Å². The Morgan fingerprint density at radius 1 is 1.15 bits per heavy atom. The lowest BCUT2D eigenvalue weighted by Crippen LogP contribution is -2.43. The van der Waals surface area contributed by atoms with E-state index in [9.17, 15) is 4.79 Å². The van der Waals surface area contributed by atoms with Gasteiger partial charge in [-0.1, -0.05) is 19.9 Å². The monoisotopic (exact) mass is 453 g/mol. The van der Waals surface area contributed by atoms with Gasteiger partial charge in [-0.2, -0.15) is 0 Å². The molecule has 0 N–H and O–H groups in total. The van der Waals surface area contributed by atoms with E-state index < -0.39 is 0 Å². The maximum atomic E-state index is 13.2. The molecule has 0 bridgehead atoms. The Balaban J connectivity index is 0.00000187. The minimum absolute atomic E-state index is 0.0200. The molecule has 0 spiro atoms. The van der Waals surface area contributed by atoms with Gasteiger partial charge < -0.3 is 19.4 Å². The van der Waals surface area contributed by atoms with Crippen molar-refractivity contribution in [2.45, 2.75) is 66.5 Å². The number of carbonyl (C=O) groups is 1. The first kappa shape index (κ1) is 26.7. The van der Waals surface area contributed by atoms with Crippen molar-refractivity contribution in [2.24, 2.45) is 0 Å². The smallest absolute Gasteiger partial charge is 0.251 e. The fraction of sp³-hybridized carbons (Fsp3) is 0.536. The van der Waals surface area contributed by atoms with Gasteiger partial charge in [0.25, 0.3) is 5.91 Å². The number of piperidine rings is 1. The second-order valence-corrected chi connectivity index (χ2v) is 9.06. The van der Waals surface area contributed by atoms with Gasteiger partial charge in [-0.05, 0) is 95.1 Å². The van der Waals surface area contributed by atoms with Crippen LogP contribution in [0.15, 0.2) is 47.8 Å². The molecule has 2 aliphatic rings. The number of rotatable bonds is 5. The minimum Gasteiger partial charge on any atom is -0.496 e. The van der Waals surface area contributed by atoms with E-state index in [1.807, 2.05) is 50.9 Å². The number of methoxy groups -OCH3 is 1. The van der Waals surface area contributed by atoms with E-state index in [4.69, 9.17) is 4.74 Å². The van der Waals surface area contributed by atoms with Crippen molar-refractivity contribution < 1.29 is 9.53 Å². The number of hydrogen-bond acceptors (Lipinski definition) is 4. The Labute approximate surface area is 201 Å². The summed E-state index contributed by atoms with van der Waals surface area (Å²) in [5, 5.41) is 0. The van der Waals surface area contributed by atoms with Gasteiger partial charge in [0.1, 0.15) is 5.75 Å². The molecule has 1 unspecified atom stereocenters. The summed E-state index contributed by atoms with van der Waals surface area (Å²) in [5.74, 6) is 0.880. The number of nitrogens with zero attached hydrogens (tertiary/aromatic N) is 3. The van der Waals surface area contributed by atoms with E-state index in [0.717, 1.165) is 54.1 Å². The van der Waals surface area contributed by atoms with Crippen LogP contribution in [0.1, 0.15) is 58.6 Å². The van der Waals surface area contributed by atoms with Crippen molar-refractivity contribution in [2.75, 3.05) is 34.3 Å². The zero-order valence-corrected chi connectivity index (χ0v) is 22.1. The Bertz CT molecular complexity index is 906. The predicted molar refractivity (Wildman–Crippen MR) is 139 cm³/mol. The van der Waals surface area contributed by atoms with Gasteiger partial charge in [-0.15, -0.1) is 0 Å². The van der Waals surface area contributed by atoms with Crippen molar-refractivity contribution in [3.05, 3.63) is 58.9 Å². The van der Waals surface area contributed by atoms with Gasteiger partial charge in [-0.25, -0.2) is 0 Å². The molecule has 0 radical (unpaired) electrons. The van der Waals surface area contributed by atoms with Crippen LogP contribution in [0.5, 0.6) is 5.75 Å². The van der Waals surface area contributed by atoms with E-state index in [1.165, 1.54) is 5.57 Å². The number of hydrogen-bond donors (Lipinski definition) is 0. The number of carbonyl (C=O) groups excluding carboxylic acids is 1. The van der Waals surface area contributed by atoms with E-state index >= 15 is 0 Å². The van der Waals surface area contributed by atoms with Gasteiger partial charge in [0.15, 0.2) is 0 Å². The van der Waals surface area contributed by atoms with Crippen molar-refractivity contribution in [1.82, 2.24) is 14.7 Å². The van der Waals surface area contributed by atoms with Crippen LogP contribution in [-0.2, 0) is 4.79 Å². The van der Waals surface area contributed by atoms with Crippen LogP contribution in [0.3, 0.4) is 0 Å². The van der Waals surface area contributed by atoms with Crippen molar-refractivity contribution >= 4 is 11.5 Å². The van der Waals surface area contributed by atoms with Gasteiger partial charge in [0, 0.05) is 31.4 Å².